The Morgan fingerprint density at radius 1 is 1.23 bits per heavy atom. The van der Waals surface area contributed by atoms with Crippen LogP contribution in [-0.2, 0) is 22.3 Å². The van der Waals surface area contributed by atoms with Crippen molar-refractivity contribution in [3.05, 3.63) is 29.7 Å². The Morgan fingerprint density at radius 2 is 1.92 bits per heavy atom. The van der Waals surface area contributed by atoms with E-state index in [1.54, 1.807) is 4.90 Å². The van der Waals surface area contributed by atoms with Crippen LogP contribution in [0.2, 0.25) is 0 Å². The van der Waals surface area contributed by atoms with Gasteiger partial charge in [-0.1, -0.05) is 0 Å². The van der Waals surface area contributed by atoms with E-state index in [0.717, 1.165) is 12.3 Å². The van der Waals surface area contributed by atoms with Crippen LogP contribution in [0.15, 0.2) is 18.3 Å². The molecule has 0 atom stereocenters. The first-order chi connectivity index (χ1) is 12.3. The molecule has 0 unspecified atom stereocenters. The van der Waals surface area contributed by atoms with Crippen molar-refractivity contribution in [2.24, 2.45) is 5.92 Å². The minimum absolute atomic E-state index is 0.0146. The number of rotatable bonds is 3. The standard InChI is InChI=1S/C16H18F3N5O2/c1-10(25)23-6-4-11(5-7-23)15(26)20-8-14-22-21-13-3-2-12(9-24(13)14)16(17,18)19/h2-3,9,11H,4-8H2,1H3,(H,20,26). The van der Waals surface area contributed by atoms with Gasteiger partial charge in [0.1, 0.15) is 0 Å². The van der Waals surface area contributed by atoms with Crippen molar-refractivity contribution in [1.82, 2.24) is 24.8 Å². The summed E-state index contributed by atoms with van der Waals surface area (Å²) < 4.78 is 39.8. The lowest BCUT2D eigenvalue weighted by Gasteiger charge is -2.30. The maximum atomic E-state index is 12.8. The first kappa shape index (κ1) is 18.2. The quantitative estimate of drug-likeness (QED) is 0.892. The topological polar surface area (TPSA) is 79.6 Å². The summed E-state index contributed by atoms with van der Waals surface area (Å²) in [5.74, 6) is -0.215. The van der Waals surface area contributed by atoms with Gasteiger partial charge < -0.3 is 10.2 Å². The number of amides is 2. The zero-order valence-electron chi connectivity index (χ0n) is 14.1. The van der Waals surface area contributed by atoms with E-state index >= 15 is 0 Å². The Labute approximate surface area is 147 Å². The summed E-state index contributed by atoms with van der Waals surface area (Å²) in [6.07, 6.45) is -2.43. The number of likely N-dealkylation sites (tertiary alicyclic amines) is 1. The van der Waals surface area contributed by atoms with Crippen LogP contribution in [0.4, 0.5) is 13.2 Å². The summed E-state index contributed by atoms with van der Waals surface area (Å²) in [4.78, 5) is 25.3. The summed E-state index contributed by atoms with van der Waals surface area (Å²) in [6.45, 7) is 2.52. The van der Waals surface area contributed by atoms with E-state index in [4.69, 9.17) is 0 Å². The van der Waals surface area contributed by atoms with Gasteiger partial charge in [-0.25, -0.2) is 0 Å². The number of carbonyl (C=O) groups is 2. The number of hydrogen-bond acceptors (Lipinski definition) is 4. The second kappa shape index (κ2) is 6.93. The third-order valence-corrected chi connectivity index (χ3v) is 4.53. The number of aromatic nitrogens is 3. The van der Waals surface area contributed by atoms with Crippen LogP contribution in [0.25, 0.3) is 5.65 Å². The van der Waals surface area contributed by atoms with E-state index in [0.29, 0.717) is 25.9 Å². The van der Waals surface area contributed by atoms with E-state index in [1.807, 2.05) is 0 Å². The van der Waals surface area contributed by atoms with E-state index < -0.39 is 11.7 Å². The number of carbonyl (C=O) groups excluding carboxylic acids is 2. The number of fused-ring (bicyclic) bond motifs is 1. The van der Waals surface area contributed by atoms with Gasteiger partial charge in [0.25, 0.3) is 0 Å². The van der Waals surface area contributed by atoms with Crippen LogP contribution in [-0.4, -0.2) is 44.4 Å². The number of alkyl halides is 3. The Balaban J connectivity index is 1.64. The molecule has 26 heavy (non-hydrogen) atoms. The second-order valence-electron chi connectivity index (χ2n) is 6.26. The van der Waals surface area contributed by atoms with Crippen LogP contribution in [0.5, 0.6) is 0 Å². The molecule has 2 aromatic rings. The molecule has 3 heterocycles. The molecular weight excluding hydrogens is 351 g/mol. The summed E-state index contributed by atoms with van der Waals surface area (Å²) in [6, 6.07) is 2.17. The van der Waals surface area contributed by atoms with Gasteiger partial charge in [-0.05, 0) is 25.0 Å². The number of nitrogens with one attached hydrogen (secondary N) is 1. The largest absolute Gasteiger partial charge is 0.417 e. The lowest BCUT2D eigenvalue weighted by Crippen LogP contribution is -2.42. The number of nitrogens with zero attached hydrogens (tertiary/aromatic N) is 4. The summed E-state index contributed by atoms with van der Waals surface area (Å²) in [7, 11) is 0. The molecule has 7 nitrogen and oxygen atoms in total. The number of pyridine rings is 1. The highest BCUT2D eigenvalue weighted by molar-refractivity contribution is 5.79. The monoisotopic (exact) mass is 369 g/mol. The van der Waals surface area contributed by atoms with E-state index in [9.17, 15) is 22.8 Å². The van der Waals surface area contributed by atoms with Crippen LogP contribution in [0, 0.1) is 5.92 Å². The molecule has 1 N–H and O–H groups in total. The van der Waals surface area contributed by atoms with Crippen LogP contribution < -0.4 is 5.32 Å². The second-order valence-corrected chi connectivity index (χ2v) is 6.26. The third-order valence-electron chi connectivity index (χ3n) is 4.53. The molecule has 3 rings (SSSR count). The number of halogens is 3. The molecule has 0 radical (unpaired) electrons. The van der Waals surface area contributed by atoms with Crippen LogP contribution in [0.1, 0.15) is 31.2 Å². The van der Waals surface area contributed by atoms with Gasteiger partial charge in [0.2, 0.25) is 11.8 Å². The van der Waals surface area contributed by atoms with Gasteiger partial charge in [-0.2, -0.15) is 13.2 Å². The number of piperidine rings is 1. The molecule has 0 bridgehead atoms. The van der Waals surface area contributed by atoms with Crippen molar-refractivity contribution < 1.29 is 22.8 Å². The fourth-order valence-electron chi connectivity index (χ4n) is 2.99. The minimum atomic E-state index is -4.47. The zero-order chi connectivity index (χ0) is 18.9. The maximum Gasteiger partial charge on any atom is 0.417 e. The predicted octanol–water partition coefficient (Wildman–Crippen LogP) is 1.62. The molecule has 10 heteroatoms. The molecule has 0 saturated carbocycles. The molecule has 1 saturated heterocycles. The molecule has 2 aromatic heterocycles. The molecule has 0 aliphatic carbocycles. The van der Waals surface area contributed by atoms with E-state index in [2.05, 4.69) is 15.5 Å². The summed E-state index contributed by atoms with van der Waals surface area (Å²) >= 11 is 0. The predicted molar refractivity (Wildman–Crippen MR) is 84.8 cm³/mol. The molecule has 0 aromatic carbocycles. The summed E-state index contributed by atoms with van der Waals surface area (Å²) in [5, 5.41) is 10.4. The minimum Gasteiger partial charge on any atom is -0.349 e. The molecule has 2 amide bonds. The van der Waals surface area contributed by atoms with Crippen LogP contribution >= 0.6 is 0 Å². The van der Waals surface area contributed by atoms with Crippen LogP contribution in [0.3, 0.4) is 0 Å². The Bertz CT molecular complexity index is 825. The molecule has 0 spiro atoms. The Morgan fingerprint density at radius 3 is 2.54 bits per heavy atom. The average Bonchev–Trinajstić information content (AvgIpc) is 3.01. The normalized spacial score (nSPS) is 16.1. The summed E-state index contributed by atoms with van der Waals surface area (Å²) in [5.41, 5.74) is -0.536. The fourth-order valence-corrected chi connectivity index (χ4v) is 2.99. The van der Waals surface area contributed by atoms with Crippen molar-refractivity contribution >= 4 is 17.5 Å². The van der Waals surface area contributed by atoms with Crippen molar-refractivity contribution in [2.45, 2.75) is 32.5 Å². The zero-order valence-corrected chi connectivity index (χ0v) is 14.1. The highest BCUT2D eigenvalue weighted by atomic mass is 19.4. The maximum absolute atomic E-state index is 12.8. The highest BCUT2D eigenvalue weighted by Gasteiger charge is 2.31. The molecule has 1 aliphatic heterocycles. The molecular formula is C16H18F3N5O2. The molecule has 1 aliphatic rings. The van der Waals surface area contributed by atoms with Gasteiger partial charge >= 0.3 is 6.18 Å². The van der Waals surface area contributed by atoms with E-state index in [1.165, 1.54) is 17.4 Å². The average molecular weight is 369 g/mol. The lowest BCUT2D eigenvalue weighted by atomic mass is 9.96. The van der Waals surface area contributed by atoms with Gasteiger partial charge in [-0.15, -0.1) is 10.2 Å². The highest BCUT2D eigenvalue weighted by Crippen LogP contribution is 2.29. The van der Waals surface area contributed by atoms with Crippen molar-refractivity contribution in [1.29, 1.82) is 0 Å². The van der Waals surface area contributed by atoms with Gasteiger partial charge in [0, 0.05) is 32.1 Å². The molecule has 1 fully saturated rings. The van der Waals surface area contributed by atoms with Gasteiger partial charge in [0.05, 0.1) is 12.1 Å². The first-order valence-corrected chi connectivity index (χ1v) is 8.20. The Hall–Kier alpha value is -2.65. The Kier molecular flexibility index (Phi) is 4.84. The molecule has 140 valence electrons. The fraction of sp³-hybridized carbons (Fsp3) is 0.500. The SMILES string of the molecule is CC(=O)N1CCC(C(=O)NCc2nnc3ccc(C(F)(F)F)cn23)CC1. The van der Waals surface area contributed by atoms with E-state index in [-0.39, 0.29) is 35.7 Å². The number of hydrogen-bond donors (Lipinski definition) is 1. The van der Waals surface area contributed by atoms with Crippen molar-refractivity contribution in [3.63, 3.8) is 0 Å². The van der Waals surface area contributed by atoms with Crippen molar-refractivity contribution in [3.8, 4) is 0 Å². The van der Waals surface area contributed by atoms with Gasteiger partial charge in [-0.3, -0.25) is 14.0 Å². The lowest BCUT2D eigenvalue weighted by molar-refractivity contribution is -0.138. The van der Waals surface area contributed by atoms with Crippen molar-refractivity contribution in [2.75, 3.05) is 13.1 Å². The third kappa shape index (κ3) is 3.78. The van der Waals surface area contributed by atoms with Gasteiger partial charge in [0.15, 0.2) is 11.5 Å². The smallest absolute Gasteiger partial charge is 0.349 e. The first-order valence-electron chi connectivity index (χ1n) is 8.20.